The molecular formula is C24H34N10O8S2. The van der Waals surface area contributed by atoms with Crippen LogP contribution >= 0.6 is 11.3 Å². The molecule has 18 nitrogen and oxygen atoms in total. The fraction of sp³-hybridized carbons (Fsp3) is 0.417. The van der Waals surface area contributed by atoms with Gasteiger partial charge in [0, 0.05) is 31.4 Å². The van der Waals surface area contributed by atoms with Gasteiger partial charge in [-0.15, -0.1) is 15.6 Å². The molecule has 1 saturated heterocycles. The summed E-state index contributed by atoms with van der Waals surface area (Å²) in [5.41, 5.74) is 9.67. The number of carbonyl (C=O) groups excluding carboxylic acids is 2. The molecule has 3 heterocycles. The second kappa shape index (κ2) is 14.9. The zero-order valence-electron chi connectivity index (χ0n) is 24.1. The van der Waals surface area contributed by atoms with Crippen molar-refractivity contribution in [1.29, 1.82) is 5.41 Å². The summed E-state index contributed by atoms with van der Waals surface area (Å²) in [5, 5.41) is 16.0. The normalized spacial score (nSPS) is 16.4. The largest absolute Gasteiger partial charge is 0.488 e. The van der Waals surface area contributed by atoms with Crippen molar-refractivity contribution in [2.75, 3.05) is 44.0 Å². The van der Waals surface area contributed by atoms with E-state index >= 15 is 0 Å². The van der Waals surface area contributed by atoms with Gasteiger partial charge in [0.15, 0.2) is 17.5 Å². The van der Waals surface area contributed by atoms with Crippen molar-refractivity contribution >= 4 is 56.5 Å². The fourth-order valence-corrected chi connectivity index (χ4v) is 4.73. The van der Waals surface area contributed by atoms with Gasteiger partial charge in [0.05, 0.1) is 18.1 Å². The molecule has 1 atom stereocenters. The first-order valence-corrected chi connectivity index (χ1v) is 15.2. The number of aromatic nitrogens is 2. The third-order valence-electron chi connectivity index (χ3n) is 6.02. The predicted octanol–water partition coefficient (Wildman–Crippen LogP) is -0.0747. The predicted molar refractivity (Wildman–Crippen MR) is 161 cm³/mol. The first kappa shape index (κ1) is 34.1. The number of hydroxylamine groups is 2. The Morgan fingerprint density at radius 1 is 1.34 bits per heavy atom. The highest BCUT2D eigenvalue weighted by atomic mass is 32.3. The van der Waals surface area contributed by atoms with Gasteiger partial charge in [0.25, 0.3) is 11.8 Å². The summed E-state index contributed by atoms with van der Waals surface area (Å²) in [6.07, 6.45) is 6.96. The van der Waals surface area contributed by atoms with Gasteiger partial charge in [0.2, 0.25) is 0 Å². The van der Waals surface area contributed by atoms with E-state index in [0.717, 1.165) is 30.6 Å². The fourth-order valence-electron chi connectivity index (χ4n) is 3.72. The molecule has 1 unspecified atom stereocenters. The molecule has 0 bridgehead atoms. The summed E-state index contributed by atoms with van der Waals surface area (Å²) in [5.74, 6) is -0.857. The Balaban J connectivity index is 1.57. The average molecular weight is 655 g/mol. The Bertz CT molecular complexity index is 1480. The highest BCUT2D eigenvalue weighted by Gasteiger charge is 2.58. The molecule has 2 aromatic rings. The van der Waals surface area contributed by atoms with Crippen LogP contribution in [-0.4, -0.2) is 102 Å². The Morgan fingerprint density at radius 2 is 2.09 bits per heavy atom. The Kier molecular flexibility index (Phi) is 11.5. The lowest BCUT2D eigenvalue weighted by Gasteiger charge is -2.50. The van der Waals surface area contributed by atoms with Gasteiger partial charge >= 0.3 is 10.4 Å². The van der Waals surface area contributed by atoms with E-state index in [9.17, 15) is 18.0 Å². The molecule has 0 spiro atoms. The summed E-state index contributed by atoms with van der Waals surface area (Å²) >= 11 is 1.05. The SMILES string of the molecule is CN(/C=C\N(C=N)c1ccc(OCCO/N=C(\C(=O)NC2C(=O)N(OS(=O)(=O)O)C2(C)C)c2csc(N)n2)cn1)CCCN. The number of nitrogens with one attached hydrogen (secondary N) is 2. The number of rotatable bonds is 17. The summed E-state index contributed by atoms with van der Waals surface area (Å²) in [7, 11) is -3.05. The number of hydrogen-bond acceptors (Lipinski definition) is 15. The van der Waals surface area contributed by atoms with Gasteiger partial charge < -0.3 is 31.3 Å². The molecule has 1 aliphatic rings. The van der Waals surface area contributed by atoms with Crippen molar-refractivity contribution in [2.24, 2.45) is 10.9 Å². The molecule has 44 heavy (non-hydrogen) atoms. The smallest absolute Gasteiger partial charge is 0.418 e. The number of carbonyl (C=O) groups is 2. The molecule has 0 saturated carbocycles. The summed E-state index contributed by atoms with van der Waals surface area (Å²) in [4.78, 5) is 42.6. The monoisotopic (exact) mass is 654 g/mol. The minimum atomic E-state index is -4.96. The minimum Gasteiger partial charge on any atom is -0.488 e. The summed E-state index contributed by atoms with van der Waals surface area (Å²) in [6, 6.07) is 2.12. The zero-order chi connectivity index (χ0) is 32.5. The van der Waals surface area contributed by atoms with Crippen LogP contribution in [0.2, 0.25) is 0 Å². The maximum absolute atomic E-state index is 13.1. The number of pyridine rings is 1. The van der Waals surface area contributed by atoms with Crippen LogP contribution in [0.3, 0.4) is 0 Å². The first-order valence-electron chi connectivity index (χ1n) is 13.0. The molecule has 0 aromatic carbocycles. The number of nitrogens with zero attached hydrogens (tertiary/aromatic N) is 6. The molecule has 240 valence electrons. The third-order valence-corrected chi connectivity index (χ3v) is 7.03. The van der Waals surface area contributed by atoms with Crippen molar-refractivity contribution in [3.8, 4) is 5.75 Å². The number of nitrogens with two attached hydrogens (primary N) is 2. The van der Waals surface area contributed by atoms with Crippen molar-refractivity contribution in [3.63, 3.8) is 0 Å². The Hall–Kier alpha value is -4.37. The average Bonchev–Trinajstić information content (AvgIpc) is 3.41. The van der Waals surface area contributed by atoms with E-state index in [4.69, 9.17) is 31.0 Å². The number of oxime groups is 1. The first-order chi connectivity index (χ1) is 20.8. The molecular weight excluding hydrogens is 620 g/mol. The van der Waals surface area contributed by atoms with Gasteiger partial charge in [-0.2, -0.15) is 13.5 Å². The van der Waals surface area contributed by atoms with Crippen LogP contribution in [0.1, 0.15) is 26.0 Å². The lowest BCUT2D eigenvalue weighted by atomic mass is 9.84. The minimum absolute atomic E-state index is 0.0226. The van der Waals surface area contributed by atoms with Crippen LogP contribution in [-0.2, 0) is 29.1 Å². The standard InChI is InChI=1S/C24H34N10O8S2/c1-24(2)20(22(36)34(24)42-44(37,38)39)30-21(35)19(17-14-43-23(27)29-17)31-41-12-11-40-16-5-6-18(28-13-16)33(15-26)10-9-32(3)8-4-7-25/h5-6,9-10,13-15,20,26H,4,7-8,11-12,25H2,1-3H3,(H2,27,29)(H,30,35)(H,37,38,39)/b10-9-,26-15?,31-19-. The lowest BCUT2D eigenvalue weighted by Crippen LogP contribution is -2.76. The Morgan fingerprint density at radius 3 is 2.66 bits per heavy atom. The quantitative estimate of drug-likeness (QED) is 0.0374. The Labute approximate surface area is 257 Å². The van der Waals surface area contributed by atoms with Crippen LogP contribution in [0.25, 0.3) is 0 Å². The number of anilines is 2. The van der Waals surface area contributed by atoms with Crippen LogP contribution in [0.5, 0.6) is 5.75 Å². The van der Waals surface area contributed by atoms with Gasteiger partial charge in [-0.05, 0) is 38.9 Å². The van der Waals surface area contributed by atoms with Crippen molar-refractivity contribution in [1.82, 2.24) is 25.2 Å². The van der Waals surface area contributed by atoms with Gasteiger partial charge in [-0.1, -0.05) is 5.16 Å². The molecule has 2 aromatic heterocycles. The van der Waals surface area contributed by atoms with E-state index in [1.165, 1.54) is 30.3 Å². The van der Waals surface area contributed by atoms with Gasteiger partial charge in [-0.3, -0.25) is 24.5 Å². The van der Waals surface area contributed by atoms with Gasteiger partial charge in [-0.25, -0.2) is 9.97 Å². The van der Waals surface area contributed by atoms with Crippen LogP contribution in [0.4, 0.5) is 10.9 Å². The van der Waals surface area contributed by atoms with Crippen molar-refractivity contribution in [2.45, 2.75) is 31.8 Å². The third kappa shape index (κ3) is 9.07. The maximum atomic E-state index is 13.1. The molecule has 1 fully saturated rings. The molecule has 20 heteroatoms. The van der Waals surface area contributed by atoms with E-state index in [2.05, 4.69) is 24.7 Å². The molecule has 0 radical (unpaired) electrons. The topological polar surface area (TPSA) is 252 Å². The molecule has 1 aliphatic heterocycles. The van der Waals surface area contributed by atoms with Crippen molar-refractivity contribution in [3.05, 3.63) is 41.8 Å². The van der Waals surface area contributed by atoms with E-state index in [1.807, 2.05) is 18.1 Å². The number of hydrogen-bond donors (Lipinski definition) is 5. The molecule has 7 N–H and O–H groups in total. The van der Waals surface area contributed by atoms with Crippen LogP contribution < -0.4 is 26.4 Å². The number of nitrogen functional groups attached to an aromatic ring is 1. The van der Waals surface area contributed by atoms with Gasteiger partial charge in [0.1, 0.15) is 29.9 Å². The summed E-state index contributed by atoms with van der Waals surface area (Å²) in [6.45, 7) is 4.13. The maximum Gasteiger partial charge on any atom is 0.418 e. The molecule has 3 rings (SSSR count). The van der Waals surface area contributed by atoms with Crippen LogP contribution in [0.15, 0.2) is 41.3 Å². The van der Waals surface area contributed by atoms with Crippen LogP contribution in [0, 0.1) is 5.41 Å². The number of ether oxygens (including phenoxy) is 1. The van der Waals surface area contributed by atoms with E-state index < -0.39 is 33.8 Å². The second-order valence-electron chi connectivity index (χ2n) is 9.70. The summed E-state index contributed by atoms with van der Waals surface area (Å²) < 4.78 is 40.9. The number of β-lactam (4-membered cyclic amide) rings is 1. The lowest BCUT2D eigenvalue weighted by molar-refractivity contribution is -0.218. The van der Waals surface area contributed by atoms with E-state index in [1.54, 1.807) is 18.3 Å². The molecule has 2 amide bonds. The highest BCUT2D eigenvalue weighted by Crippen LogP contribution is 2.33. The zero-order valence-corrected chi connectivity index (χ0v) is 25.7. The highest BCUT2D eigenvalue weighted by molar-refractivity contribution is 7.80. The van der Waals surface area contributed by atoms with Crippen molar-refractivity contribution < 1.29 is 36.4 Å². The molecule has 0 aliphatic carbocycles. The number of thiazole rings is 1. The number of amides is 2. The van der Waals surface area contributed by atoms with E-state index in [-0.39, 0.29) is 29.8 Å². The van der Waals surface area contributed by atoms with E-state index in [0.29, 0.717) is 23.2 Å². The second-order valence-corrected chi connectivity index (χ2v) is 11.6.